The molecule has 0 unspecified atom stereocenters. The number of hydrogen-bond donors (Lipinski definition) is 1. The molecule has 0 radical (unpaired) electrons. The van der Waals surface area contributed by atoms with E-state index >= 15 is 0 Å². The zero-order valence-electron chi connectivity index (χ0n) is 28.2. The molecule has 1 atom stereocenters. The molecule has 1 N–H and O–H groups in total. The first-order chi connectivity index (χ1) is 22.1. The molecule has 0 aliphatic rings. The van der Waals surface area contributed by atoms with Gasteiger partial charge in [-0.3, -0.25) is 10.1 Å². The van der Waals surface area contributed by atoms with Crippen LogP contribution in [-0.4, -0.2) is 33.4 Å². The Morgan fingerprint density at radius 1 is 0.739 bits per heavy atom. The van der Waals surface area contributed by atoms with E-state index < -0.39 is 19.9 Å². The van der Waals surface area contributed by atoms with Crippen LogP contribution in [0.1, 0.15) is 62.3 Å². The maximum Gasteiger partial charge on any atom is 0.191 e. The summed E-state index contributed by atoms with van der Waals surface area (Å²) in [4.78, 5) is 14.0. The molecule has 0 fully saturated rings. The minimum absolute atomic E-state index is 0.00208. The monoisotopic (exact) mass is 633 g/mol. The van der Waals surface area contributed by atoms with E-state index in [1.165, 1.54) is 0 Å². The maximum atomic E-state index is 14.0. The van der Waals surface area contributed by atoms with Gasteiger partial charge in [0.15, 0.2) is 14.1 Å². The Bertz CT molecular complexity index is 1390. The average molecular weight is 634 g/mol. The molecule has 4 aromatic carbocycles. The second-order valence-corrected chi connectivity index (χ2v) is 18.3. The van der Waals surface area contributed by atoms with Gasteiger partial charge < -0.3 is 9.16 Å². The molecule has 0 bridgehead atoms. The lowest BCUT2D eigenvalue weighted by Gasteiger charge is -2.39. The van der Waals surface area contributed by atoms with E-state index in [1.807, 2.05) is 54.6 Å². The van der Waals surface area contributed by atoms with Crippen molar-refractivity contribution in [1.82, 2.24) is 5.32 Å². The molecule has 4 nitrogen and oxygen atoms in total. The number of nitrogens with one attached hydrogen (secondary N) is 1. The van der Waals surface area contributed by atoms with Gasteiger partial charge in [-0.05, 0) is 65.7 Å². The number of carbonyl (C=O) groups is 1. The van der Waals surface area contributed by atoms with Gasteiger partial charge in [0.1, 0.15) is 0 Å². The molecule has 0 aliphatic heterocycles. The first-order valence-electron chi connectivity index (χ1n) is 16.5. The molecular formula is C41H51NO3Si. The number of carbonyl (C=O) groups excluding carboxylic acids is 1. The van der Waals surface area contributed by atoms with Crippen LogP contribution in [0.15, 0.2) is 133 Å². The molecule has 0 aromatic heterocycles. The number of ketones is 1. The highest BCUT2D eigenvalue weighted by Crippen LogP contribution is 2.38. The summed E-state index contributed by atoms with van der Waals surface area (Å²) in [5.41, 5.74) is 3.45. The van der Waals surface area contributed by atoms with Crippen LogP contribution in [0.25, 0.3) is 0 Å². The average Bonchev–Trinajstić information content (AvgIpc) is 3.07. The number of unbranched alkanes of at least 4 members (excludes halogenated alkanes) is 2. The number of allylic oxidation sites excluding steroid dienone is 1. The smallest absolute Gasteiger partial charge is 0.191 e. The SMILES string of the molecule is CC(C)(C)[Si](C)(C)OCCCC/C=C/C(=O)[C@H](COCc1ccccc1)NC(c1ccccc1)(c1ccccc1)c1ccccc1. The van der Waals surface area contributed by atoms with Crippen LogP contribution >= 0.6 is 0 Å². The minimum atomic E-state index is -1.75. The Labute approximate surface area is 278 Å². The van der Waals surface area contributed by atoms with Gasteiger partial charge in [0.2, 0.25) is 0 Å². The van der Waals surface area contributed by atoms with E-state index in [9.17, 15) is 4.79 Å². The van der Waals surface area contributed by atoms with Gasteiger partial charge in [0, 0.05) is 6.61 Å². The van der Waals surface area contributed by atoms with Crippen molar-refractivity contribution in [3.8, 4) is 0 Å². The highest BCUT2D eigenvalue weighted by molar-refractivity contribution is 6.74. The normalized spacial score (nSPS) is 13.2. The second kappa shape index (κ2) is 16.8. The summed E-state index contributed by atoms with van der Waals surface area (Å²) in [6.45, 7) is 12.8. The molecular weight excluding hydrogens is 583 g/mol. The molecule has 4 rings (SSSR count). The van der Waals surface area contributed by atoms with Crippen LogP contribution < -0.4 is 5.32 Å². The molecule has 0 amide bonds. The third-order valence-corrected chi connectivity index (χ3v) is 13.6. The standard InChI is InChI=1S/C41H51NO3Si/c1-40(2,3)46(4,5)45-31-21-7-6-20-30-39(43)38(33-44-32-34-22-12-8-13-23-34)42-41(35-24-14-9-15-25-35,36-26-16-10-17-27-36)37-28-18-11-19-29-37/h8-20,22-30,38,42H,6-7,21,31-33H2,1-5H3/b30-20+/t38-/m0/s1. The van der Waals surface area contributed by atoms with E-state index in [0.29, 0.717) is 6.61 Å². The molecule has 5 heteroatoms. The van der Waals surface area contributed by atoms with Crippen LogP contribution in [-0.2, 0) is 26.1 Å². The number of rotatable bonds is 17. The van der Waals surface area contributed by atoms with E-state index in [1.54, 1.807) is 6.08 Å². The largest absolute Gasteiger partial charge is 0.417 e. The molecule has 46 heavy (non-hydrogen) atoms. The third-order valence-electron chi connectivity index (χ3n) is 9.07. The first-order valence-corrected chi connectivity index (χ1v) is 19.4. The van der Waals surface area contributed by atoms with Crippen molar-refractivity contribution in [2.24, 2.45) is 0 Å². The molecule has 0 spiro atoms. The summed E-state index contributed by atoms with van der Waals surface area (Å²) < 4.78 is 12.6. The molecule has 0 heterocycles. The fraction of sp³-hybridized carbons (Fsp3) is 0.341. The van der Waals surface area contributed by atoms with Gasteiger partial charge in [-0.1, -0.05) is 148 Å². The topological polar surface area (TPSA) is 47.6 Å². The van der Waals surface area contributed by atoms with Crippen LogP contribution in [0.3, 0.4) is 0 Å². The van der Waals surface area contributed by atoms with Gasteiger partial charge >= 0.3 is 0 Å². The van der Waals surface area contributed by atoms with Gasteiger partial charge in [-0.2, -0.15) is 0 Å². The predicted molar refractivity (Wildman–Crippen MR) is 193 cm³/mol. The quantitative estimate of drug-likeness (QED) is 0.0545. The lowest BCUT2D eigenvalue weighted by atomic mass is 9.76. The van der Waals surface area contributed by atoms with Crippen molar-refractivity contribution in [3.05, 3.63) is 156 Å². The molecule has 0 saturated carbocycles. The number of ether oxygens (including phenoxy) is 1. The van der Waals surface area contributed by atoms with Crippen LogP contribution in [0.2, 0.25) is 18.1 Å². The lowest BCUT2D eigenvalue weighted by Crippen LogP contribution is -2.54. The fourth-order valence-corrected chi connectivity index (χ4v) is 6.45. The molecule has 4 aromatic rings. The summed E-state index contributed by atoms with van der Waals surface area (Å²) in [5, 5.41) is 4.06. The minimum Gasteiger partial charge on any atom is -0.417 e. The van der Waals surface area contributed by atoms with Crippen LogP contribution in [0.5, 0.6) is 0 Å². The van der Waals surface area contributed by atoms with Gasteiger partial charge in [-0.25, -0.2) is 0 Å². The van der Waals surface area contributed by atoms with Gasteiger partial charge in [0.25, 0.3) is 0 Å². The van der Waals surface area contributed by atoms with E-state index in [2.05, 4.69) is 112 Å². The second-order valence-electron chi connectivity index (χ2n) is 13.5. The number of benzene rings is 4. The molecule has 242 valence electrons. The Balaban J connectivity index is 1.57. The first kappa shape index (κ1) is 35.2. The highest BCUT2D eigenvalue weighted by Gasteiger charge is 2.39. The van der Waals surface area contributed by atoms with Crippen molar-refractivity contribution >= 4 is 14.1 Å². The van der Waals surface area contributed by atoms with Crippen LogP contribution in [0, 0.1) is 0 Å². The fourth-order valence-electron chi connectivity index (χ4n) is 5.36. The van der Waals surface area contributed by atoms with E-state index in [4.69, 9.17) is 9.16 Å². The van der Waals surface area contributed by atoms with Crippen molar-refractivity contribution in [2.45, 2.75) is 76.4 Å². The van der Waals surface area contributed by atoms with E-state index in [-0.39, 0.29) is 17.4 Å². The van der Waals surface area contributed by atoms with Crippen molar-refractivity contribution < 1.29 is 14.0 Å². The summed E-state index contributed by atoms with van der Waals surface area (Å²) in [6.07, 6.45) is 6.53. The molecule has 0 aliphatic carbocycles. The Morgan fingerprint density at radius 2 is 1.22 bits per heavy atom. The number of hydrogen-bond acceptors (Lipinski definition) is 4. The zero-order chi connectivity index (χ0) is 32.9. The van der Waals surface area contributed by atoms with Gasteiger partial charge in [-0.15, -0.1) is 0 Å². The lowest BCUT2D eigenvalue weighted by molar-refractivity contribution is -0.118. The summed E-state index contributed by atoms with van der Waals surface area (Å²) in [5.74, 6) is -0.00208. The Kier molecular flexibility index (Phi) is 12.9. The zero-order valence-corrected chi connectivity index (χ0v) is 29.2. The molecule has 0 saturated heterocycles. The predicted octanol–water partition coefficient (Wildman–Crippen LogP) is 9.47. The van der Waals surface area contributed by atoms with E-state index in [0.717, 1.165) is 48.1 Å². The highest BCUT2D eigenvalue weighted by atomic mass is 28.4. The van der Waals surface area contributed by atoms with Crippen molar-refractivity contribution in [1.29, 1.82) is 0 Å². The summed E-state index contributed by atoms with van der Waals surface area (Å²) in [6, 6.07) is 40.6. The Hall–Kier alpha value is -3.61. The van der Waals surface area contributed by atoms with Crippen molar-refractivity contribution in [2.75, 3.05) is 13.2 Å². The summed E-state index contributed by atoms with van der Waals surface area (Å²) in [7, 11) is -1.75. The van der Waals surface area contributed by atoms with Gasteiger partial charge in [0.05, 0.1) is 24.8 Å². The third kappa shape index (κ3) is 9.46. The van der Waals surface area contributed by atoms with Crippen molar-refractivity contribution in [3.63, 3.8) is 0 Å². The Morgan fingerprint density at radius 3 is 1.70 bits per heavy atom. The maximum absolute atomic E-state index is 14.0. The summed E-state index contributed by atoms with van der Waals surface area (Å²) >= 11 is 0. The van der Waals surface area contributed by atoms with Crippen LogP contribution in [0.4, 0.5) is 0 Å².